The van der Waals surface area contributed by atoms with E-state index in [0.717, 1.165) is 22.9 Å². The monoisotopic (exact) mass is 1090 g/mol. The molecule has 1 saturated heterocycles. The summed E-state index contributed by atoms with van der Waals surface area (Å²) >= 11 is 1.42. The van der Waals surface area contributed by atoms with E-state index < -0.39 is 106 Å². The Labute approximate surface area is 451 Å². The molecule has 0 bridgehead atoms. The van der Waals surface area contributed by atoms with Crippen LogP contribution in [0.1, 0.15) is 76.5 Å². The summed E-state index contributed by atoms with van der Waals surface area (Å²) in [6.45, 7) is 7.76. The van der Waals surface area contributed by atoms with Crippen molar-refractivity contribution in [3.05, 3.63) is 108 Å². The molecule has 10 N–H and O–H groups in total. The van der Waals surface area contributed by atoms with E-state index in [0.29, 0.717) is 29.8 Å². The van der Waals surface area contributed by atoms with Gasteiger partial charge in [-0.25, -0.2) is 4.79 Å². The standard InChI is InChI=1S/C55H75N9O10S2/c1-33(2)28-43(50(67)59-42(55(72)73)24-27-76(6)74)60-49(66)41(23-26-75-5)58-54(71)47(34(3)4)64-53(70)46(31-37-32-57-39-21-14-13-20-38(37)39)63-52(69)45(30-36-18-11-8-12-19-36)62-51(68)44(29-35-16-9-7-10-17-35)61-48(65)40-22-15-25-56-40/h7-14,16-21,32-34,40-47,56-57H,15,22-31H2,1-6H3,(H,58,71)(H,59,67)(H,60,66)(H,61,65)(H,62,68)(H,63,69)(H,64,70)(H,72,73)/t40-,41-,42-,43-,44-,45-,46-,47-,76?/m0/s1. The summed E-state index contributed by atoms with van der Waals surface area (Å²) in [5.74, 6) is -6.05. The summed E-state index contributed by atoms with van der Waals surface area (Å²) in [7, 11) is -1.31. The maximum Gasteiger partial charge on any atom is 0.326 e. The largest absolute Gasteiger partial charge is 0.480 e. The molecule has 1 unspecified atom stereocenters. The van der Waals surface area contributed by atoms with Gasteiger partial charge >= 0.3 is 5.97 Å². The van der Waals surface area contributed by atoms with E-state index in [4.69, 9.17) is 0 Å². The van der Waals surface area contributed by atoms with E-state index in [1.165, 1.54) is 18.0 Å². The van der Waals surface area contributed by atoms with Crippen molar-refractivity contribution in [2.24, 2.45) is 11.8 Å². The van der Waals surface area contributed by atoms with Crippen molar-refractivity contribution >= 4 is 80.8 Å². The molecule has 412 valence electrons. The minimum atomic E-state index is -1.35. The molecule has 21 heteroatoms. The van der Waals surface area contributed by atoms with Gasteiger partial charge in [-0.1, -0.05) is 107 Å². The minimum absolute atomic E-state index is 0.0212. The number of nitrogens with one attached hydrogen (secondary N) is 9. The molecule has 0 radical (unpaired) electrons. The van der Waals surface area contributed by atoms with E-state index in [9.17, 15) is 47.7 Å². The molecule has 1 aliphatic heterocycles. The van der Waals surface area contributed by atoms with Gasteiger partial charge in [0.1, 0.15) is 42.3 Å². The van der Waals surface area contributed by atoms with Crippen LogP contribution in [-0.4, -0.2) is 141 Å². The van der Waals surface area contributed by atoms with Crippen molar-refractivity contribution in [2.45, 2.75) is 127 Å². The maximum absolute atomic E-state index is 14.8. The highest BCUT2D eigenvalue weighted by molar-refractivity contribution is 7.98. The van der Waals surface area contributed by atoms with Gasteiger partial charge in [0.25, 0.3) is 0 Å². The molecule has 7 amide bonds. The number of aromatic amines is 1. The van der Waals surface area contributed by atoms with Crippen molar-refractivity contribution in [1.29, 1.82) is 0 Å². The predicted molar refractivity (Wildman–Crippen MR) is 295 cm³/mol. The number of aliphatic carboxylic acids is 1. The molecule has 1 fully saturated rings. The number of H-pyrrole nitrogens is 1. The summed E-state index contributed by atoms with van der Waals surface area (Å²) in [5, 5.41) is 33.3. The van der Waals surface area contributed by atoms with Crippen LogP contribution in [0.25, 0.3) is 10.9 Å². The summed E-state index contributed by atoms with van der Waals surface area (Å²) in [6.07, 6.45) is 6.71. The van der Waals surface area contributed by atoms with Crippen LogP contribution in [0.3, 0.4) is 0 Å². The van der Waals surface area contributed by atoms with Crippen LogP contribution in [0.5, 0.6) is 0 Å². The first-order valence-corrected chi connectivity index (χ1v) is 29.0. The second kappa shape index (κ2) is 30.2. The van der Waals surface area contributed by atoms with Gasteiger partial charge in [-0.2, -0.15) is 11.8 Å². The number of carbonyl (C=O) groups excluding carboxylic acids is 7. The van der Waals surface area contributed by atoms with Gasteiger partial charge < -0.3 is 52.6 Å². The Bertz CT molecular complexity index is 2610. The summed E-state index contributed by atoms with van der Waals surface area (Å²) in [4.78, 5) is 115. The Balaban J connectivity index is 1.41. The van der Waals surface area contributed by atoms with Gasteiger partial charge in [-0.15, -0.1) is 0 Å². The van der Waals surface area contributed by atoms with Gasteiger partial charge in [0.15, 0.2) is 0 Å². The number of rotatable bonds is 30. The number of carboxylic acid groups (broad SMARTS) is 1. The molecule has 0 spiro atoms. The summed E-state index contributed by atoms with van der Waals surface area (Å²) in [5.41, 5.74) is 2.96. The maximum atomic E-state index is 14.8. The Morgan fingerprint density at radius 2 is 1.14 bits per heavy atom. The lowest BCUT2D eigenvalue weighted by molar-refractivity contribution is -0.142. The molecule has 0 saturated carbocycles. The fourth-order valence-corrected chi connectivity index (χ4v) is 9.96. The summed E-state index contributed by atoms with van der Waals surface area (Å²) in [6, 6.07) is 16.6. The zero-order valence-electron chi connectivity index (χ0n) is 44.1. The van der Waals surface area contributed by atoms with Crippen molar-refractivity contribution < 1.29 is 47.7 Å². The third-order valence-electron chi connectivity index (χ3n) is 13.1. The van der Waals surface area contributed by atoms with Crippen LogP contribution in [-0.2, 0) is 68.4 Å². The first-order chi connectivity index (χ1) is 36.3. The molecule has 19 nitrogen and oxygen atoms in total. The molecule has 4 aromatic rings. The fraction of sp³-hybridized carbons (Fsp3) is 0.491. The smallest absolute Gasteiger partial charge is 0.326 e. The Kier molecular flexibility index (Phi) is 24.0. The first-order valence-electron chi connectivity index (χ1n) is 25.8. The Morgan fingerprint density at radius 1 is 0.632 bits per heavy atom. The second-order valence-corrected chi connectivity index (χ2v) is 22.5. The topological polar surface area (TPSA) is 286 Å². The quantitative estimate of drug-likeness (QED) is 0.0361. The molecule has 3 aromatic carbocycles. The van der Waals surface area contributed by atoms with Gasteiger partial charge in [-0.3, -0.25) is 37.8 Å². The number of fused-ring (bicyclic) bond motifs is 1. The molecular weight excluding hydrogens is 1010 g/mol. The van der Waals surface area contributed by atoms with Gasteiger partial charge in [0, 0.05) is 59.2 Å². The second-order valence-electron chi connectivity index (χ2n) is 20.0. The van der Waals surface area contributed by atoms with Crippen LogP contribution < -0.4 is 42.5 Å². The van der Waals surface area contributed by atoms with Gasteiger partial charge in [0.05, 0.1) is 6.04 Å². The number of hydrogen-bond acceptors (Lipinski definition) is 11. The van der Waals surface area contributed by atoms with E-state index in [1.807, 2.05) is 92.9 Å². The lowest BCUT2D eigenvalue weighted by atomic mass is 9.99. The zero-order chi connectivity index (χ0) is 55.3. The van der Waals surface area contributed by atoms with Gasteiger partial charge in [-0.05, 0) is 85.3 Å². The molecule has 1 aliphatic rings. The van der Waals surface area contributed by atoms with Crippen LogP contribution >= 0.6 is 11.8 Å². The van der Waals surface area contributed by atoms with Crippen LogP contribution in [0.15, 0.2) is 91.1 Å². The molecule has 1 aromatic heterocycles. The lowest BCUT2D eigenvalue weighted by Gasteiger charge is -2.29. The number of para-hydroxylation sites is 1. The molecule has 2 heterocycles. The van der Waals surface area contributed by atoms with E-state index in [1.54, 1.807) is 32.2 Å². The van der Waals surface area contributed by atoms with E-state index >= 15 is 0 Å². The SMILES string of the molecule is CSCC[C@H](NC(=O)[C@@H](NC(=O)[C@H](Cc1c[nH]c2ccccc12)NC(=O)[C@H](Cc1ccccc1)NC(=O)[C@H](Cc1ccccc1)NC(=O)[C@@H]1CCCN1)C(C)C)C(=O)N[C@@H](CC(C)C)C(=O)N[C@@H](CCS(C)=O)C(=O)O. The highest BCUT2D eigenvalue weighted by Crippen LogP contribution is 2.20. The predicted octanol–water partition coefficient (Wildman–Crippen LogP) is 2.65. The highest BCUT2D eigenvalue weighted by Gasteiger charge is 2.36. The van der Waals surface area contributed by atoms with E-state index in [2.05, 4.69) is 47.5 Å². The van der Waals surface area contributed by atoms with Crippen LogP contribution in [0.4, 0.5) is 0 Å². The van der Waals surface area contributed by atoms with Crippen molar-refractivity contribution in [3.8, 4) is 0 Å². The molecule has 0 aliphatic carbocycles. The third kappa shape index (κ3) is 18.9. The van der Waals surface area contributed by atoms with Crippen LogP contribution in [0, 0.1) is 11.8 Å². The Hall–Kier alpha value is -6.58. The van der Waals surface area contributed by atoms with Crippen molar-refractivity contribution in [1.82, 2.24) is 47.5 Å². The van der Waals surface area contributed by atoms with Gasteiger partial charge in [0.2, 0.25) is 41.4 Å². The minimum Gasteiger partial charge on any atom is -0.480 e. The van der Waals surface area contributed by atoms with Crippen LogP contribution in [0.2, 0.25) is 0 Å². The third-order valence-corrected chi connectivity index (χ3v) is 14.5. The molecule has 5 rings (SSSR count). The average Bonchev–Trinajstić information content (AvgIpc) is 4.09. The Morgan fingerprint density at radius 3 is 1.70 bits per heavy atom. The summed E-state index contributed by atoms with van der Waals surface area (Å²) < 4.78 is 11.7. The average molecular weight is 1090 g/mol. The number of carbonyl (C=O) groups is 8. The van der Waals surface area contributed by atoms with Crippen molar-refractivity contribution in [2.75, 3.05) is 30.6 Å². The number of benzene rings is 3. The zero-order valence-corrected chi connectivity index (χ0v) is 45.8. The molecule has 76 heavy (non-hydrogen) atoms. The number of aromatic nitrogens is 1. The highest BCUT2D eigenvalue weighted by atomic mass is 32.2. The van der Waals surface area contributed by atoms with Crippen molar-refractivity contribution in [3.63, 3.8) is 0 Å². The normalized spacial score (nSPS) is 16.5. The molecule has 9 atom stereocenters. The number of amides is 7. The van der Waals surface area contributed by atoms with E-state index in [-0.39, 0.29) is 56.1 Å². The first kappa shape index (κ1) is 60.3. The fourth-order valence-electron chi connectivity index (χ4n) is 8.92. The lowest BCUT2D eigenvalue weighted by Crippen LogP contribution is -2.61. The number of thioether (sulfide) groups is 1. The molecular formula is C55H75N9O10S2. The number of hydrogen-bond donors (Lipinski definition) is 10. The number of carboxylic acids is 1.